The molecule has 1 atom stereocenters. The summed E-state index contributed by atoms with van der Waals surface area (Å²) in [7, 11) is -2.07. The van der Waals surface area contributed by atoms with Crippen LogP contribution >= 0.6 is 22.9 Å². The summed E-state index contributed by atoms with van der Waals surface area (Å²) in [5, 5.41) is 0.535. The van der Waals surface area contributed by atoms with E-state index in [1.54, 1.807) is 22.8 Å². The third-order valence-corrected chi connectivity index (χ3v) is 7.11. The Bertz CT molecular complexity index is 1090. The average molecular weight is 446 g/mol. The number of aromatic nitrogens is 1. The van der Waals surface area contributed by atoms with Crippen LogP contribution in [-0.4, -0.2) is 55.6 Å². The smallest absolute Gasteiger partial charge is 0.325 e. The lowest BCUT2D eigenvalue weighted by molar-refractivity contribution is -0.141. The van der Waals surface area contributed by atoms with Crippen LogP contribution in [0.4, 0.5) is 0 Å². The summed E-state index contributed by atoms with van der Waals surface area (Å²) >= 11 is 7.29. The van der Waals surface area contributed by atoms with Gasteiger partial charge in [-0.3, -0.25) is 9.59 Å². The van der Waals surface area contributed by atoms with Gasteiger partial charge in [0.15, 0.2) is 4.80 Å². The fourth-order valence-corrected chi connectivity index (χ4v) is 5.33. The lowest BCUT2D eigenvalue weighted by Gasteiger charge is -2.28. The Hall–Kier alpha value is -1.75. The number of carbonyl (C=O) groups excluding carboxylic acids is 2. The molecule has 1 aromatic carbocycles. The topological polar surface area (TPSA) is 98.0 Å². The molecule has 0 saturated carbocycles. The molecule has 1 saturated heterocycles. The van der Waals surface area contributed by atoms with E-state index in [4.69, 9.17) is 16.3 Å². The molecule has 2 aromatic rings. The van der Waals surface area contributed by atoms with Gasteiger partial charge in [0.05, 0.1) is 29.5 Å². The fourth-order valence-electron chi connectivity index (χ4n) is 3.11. The van der Waals surface area contributed by atoms with Crippen molar-refractivity contribution in [2.75, 3.05) is 26.5 Å². The summed E-state index contributed by atoms with van der Waals surface area (Å²) in [6.07, 6.45) is 2.31. The van der Waals surface area contributed by atoms with Crippen molar-refractivity contribution in [3.63, 3.8) is 0 Å². The molecule has 0 spiro atoms. The summed E-state index contributed by atoms with van der Waals surface area (Å²) in [6, 6.07) is 5.19. The van der Waals surface area contributed by atoms with Gasteiger partial charge in [0, 0.05) is 18.1 Å². The first-order valence-electron chi connectivity index (χ1n) is 8.58. The SMILES string of the molecule is COC(=O)Cn1c(=NC(=O)[C@H]2CCCN(S(C)(=O)=O)C2)sc2cc(Cl)ccc21. The van der Waals surface area contributed by atoms with Gasteiger partial charge < -0.3 is 9.30 Å². The second-order valence-electron chi connectivity index (χ2n) is 6.57. The van der Waals surface area contributed by atoms with Crippen LogP contribution in [0.5, 0.6) is 0 Å². The summed E-state index contributed by atoms with van der Waals surface area (Å²) < 4.78 is 32.0. The molecule has 1 fully saturated rings. The van der Waals surface area contributed by atoms with Crippen LogP contribution in [0.2, 0.25) is 5.02 Å². The molecule has 0 aliphatic carbocycles. The summed E-state index contributed by atoms with van der Waals surface area (Å²) in [5.74, 6) is -1.38. The number of sulfonamides is 1. The minimum Gasteiger partial charge on any atom is -0.468 e. The fraction of sp³-hybridized carbons (Fsp3) is 0.471. The molecule has 2 heterocycles. The van der Waals surface area contributed by atoms with Crippen LogP contribution in [0.25, 0.3) is 10.2 Å². The van der Waals surface area contributed by atoms with Gasteiger partial charge in [0.1, 0.15) is 6.54 Å². The van der Waals surface area contributed by atoms with Crippen LogP contribution in [-0.2, 0) is 30.9 Å². The predicted molar refractivity (Wildman–Crippen MR) is 107 cm³/mol. The second kappa shape index (κ2) is 8.32. The van der Waals surface area contributed by atoms with Gasteiger partial charge in [-0.05, 0) is 31.0 Å². The summed E-state index contributed by atoms with van der Waals surface area (Å²) in [5.41, 5.74) is 0.716. The maximum atomic E-state index is 12.8. The van der Waals surface area contributed by atoms with E-state index in [0.717, 1.165) is 11.0 Å². The van der Waals surface area contributed by atoms with Gasteiger partial charge in [0.2, 0.25) is 10.0 Å². The zero-order chi connectivity index (χ0) is 20.5. The Morgan fingerprint density at radius 3 is 2.82 bits per heavy atom. The summed E-state index contributed by atoms with van der Waals surface area (Å²) in [4.78, 5) is 29.1. The van der Waals surface area contributed by atoms with E-state index in [9.17, 15) is 18.0 Å². The van der Waals surface area contributed by atoms with Crippen molar-refractivity contribution >= 4 is 55.1 Å². The zero-order valence-corrected chi connectivity index (χ0v) is 17.8. The average Bonchev–Trinajstić information content (AvgIpc) is 2.97. The number of carbonyl (C=O) groups is 2. The van der Waals surface area contributed by atoms with E-state index in [-0.39, 0.29) is 13.1 Å². The molecule has 28 heavy (non-hydrogen) atoms. The van der Waals surface area contributed by atoms with E-state index >= 15 is 0 Å². The van der Waals surface area contributed by atoms with E-state index in [0.29, 0.717) is 34.7 Å². The van der Waals surface area contributed by atoms with Crippen LogP contribution < -0.4 is 4.80 Å². The second-order valence-corrected chi connectivity index (χ2v) is 10.00. The first kappa shape index (κ1) is 21.0. The quantitative estimate of drug-likeness (QED) is 0.666. The molecule has 0 N–H and O–H groups in total. The minimum absolute atomic E-state index is 0.0929. The van der Waals surface area contributed by atoms with Gasteiger partial charge in [-0.2, -0.15) is 4.99 Å². The molecule has 0 radical (unpaired) electrons. The Kier molecular flexibility index (Phi) is 6.23. The number of methoxy groups -OCH3 is 1. The van der Waals surface area contributed by atoms with Crippen molar-refractivity contribution < 1.29 is 22.7 Å². The van der Waals surface area contributed by atoms with Crippen molar-refractivity contribution in [2.45, 2.75) is 19.4 Å². The number of fused-ring (bicyclic) bond motifs is 1. The van der Waals surface area contributed by atoms with Crippen LogP contribution in [0.1, 0.15) is 12.8 Å². The molecule has 11 heteroatoms. The molecular weight excluding hydrogens is 426 g/mol. The highest BCUT2D eigenvalue weighted by molar-refractivity contribution is 7.88. The number of hydrogen-bond acceptors (Lipinski definition) is 6. The number of thiazole rings is 1. The number of hydrogen-bond donors (Lipinski definition) is 0. The van der Waals surface area contributed by atoms with Gasteiger partial charge >= 0.3 is 5.97 Å². The van der Waals surface area contributed by atoms with Gasteiger partial charge in [-0.25, -0.2) is 12.7 Å². The highest BCUT2D eigenvalue weighted by Gasteiger charge is 2.30. The molecule has 0 bridgehead atoms. The molecule has 1 aromatic heterocycles. The number of ether oxygens (including phenoxy) is 1. The number of esters is 1. The third-order valence-electron chi connectivity index (χ3n) is 4.57. The van der Waals surface area contributed by atoms with Crippen LogP contribution in [0.3, 0.4) is 0 Å². The highest BCUT2D eigenvalue weighted by Crippen LogP contribution is 2.23. The van der Waals surface area contributed by atoms with Crippen molar-refractivity contribution in [1.29, 1.82) is 0 Å². The lowest BCUT2D eigenvalue weighted by atomic mass is 9.99. The standard InChI is InChI=1S/C17H20ClN3O5S2/c1-26-15(22)10-21-13-6-5-12(18)8-14(13)27-17(21)19-16(23)11-4-3-7-20(9-11)28(2,24)25/h5-6,8,11H,3-4,7,9-10H2,1-2H3/t11-/m0/s1. The highest BCUT2D eigenvalue weighted by atomic mass is 35.5. The van der Waals surface area contributed by atoms with Gasteiger partial charge in [-0.15, -0.1) is 0 Å². The van der Waals surface area contributed by atoms with E-state index < -0.39 is 27.8 Å². The Balaban J connectivity index is 1.99. The molecule has 1 aliphatic heterocycles. The maximum absolute atomic E-state index is 12.8. The number of halogens is 1. The van der Waals surface area contributed by atoms with Crippen molar-refractivity contribution in [3.05, 3.63) is 28.0 Å². The number of nitrogens with zero attached hydrogens (tertiary/aromatic N) is 3. The minimum atomic E-state index is -3.36. The molecule has 1 amide bonds. The molecular formula is C17H20ClN3O5S2. The van der Waals surface area contributed by atoms with E-state index in [1.807, 2.05) is 0 Å². The number of rotatable bonds is 4. The molecule has 0 unspecified atom stereocenters. The Morgan fingerprint density at radius 1 is 1.39 bits per heavy atom. The molecule has 3 rings (SSSR count). The van der Waals surface area contributed by atoms with Crippen LogP contribution in [0, 0.1) is 5.92 Å². The number of benzene rings is 1. The van der Waals surface area contributed by atoms with Crippen molar-refractivity contribution in [3.8, 4) is 0 Å². The van der Waals surface area contributed by atoms with Crippen molar-refractivity contribution in [2.24, 2.45) is 10.9 Å². The van der Waals surface area contributed by atoms with E-state index in [1.165, 1.54) is 22.8 Å². The zero-order valence-electron chi connectivity index (χ0n) is 15.4. The maximum Gasteiger partial charge on any atom is 0.325 e. The first-order valence-corrected chi connectivity index (χ1v) is 11.6. The summed E-state index contributed by atoms with van der Waals surface area (Å²) in [6.45, 7) is 0.436. The largest absolute Gasteiger partial charge is 0.468 e. The molecule has 8 nitrogen and oxygen atoms in total. The Labute approximate surface area is 171 Å². The normalized spacial score (nSPS) is 19.1. The van der Waals surface area contributed by atoms with Crippen molar-refractivity contribution in [1.82, 2.24) is 8.87 Å². The third kappa shape index (κ3) is 4.62. The monoisotopic (exact) mass is 445 g/mol. The van der Waals surface area contributed by atoms with Crippen LogP contribution in [0.15, 0.2) is 23.2 Å². The number of amides is 1. The van der Waals surface area contributed by atoms with Gasteiger partial charge in [0.25, 0.3) is 5.91 Å². The number of piperidine rings is 1. The molecule has 152 valence electrons. The Morgan fingerprint density at radius 2 is 2.14 bits per heavy atom. The van der Waals surface area contributed by atoms with Gasteiger partial charge in [-0.1, -0.05) is 22.9 Å². The first-order chi connectivity index (χ1) is 13.2. The van der Waals surface area contributed by atoms with E-state index in [2.05, 4.69) is 4.99 Å². The lowest BCUT2D eigenvalue weighted by Crippen LogP contribution is -2.41. The molecule has 1 aliphatic rings. The predicted octanol–water partition coefficient (Wildman–Crippen LogP) is 1.63.